The summed E-state index contributed by atoms with van der Waals surface area (Å²) in [5.41, 5.74) is 1.49. The summed E-state index contributed by atoms with van der Waals surface area (Å²) in [5, 5.41) is 0.630. The Labute approximate surface area is 171 Å². The van der Waals surface area contributed by atoms with E-state index >= 15 is 0 Å². The van der Waals surface area contributed by atoms with Crippen LogP contribution in [-0.4, -0.2) is 40.2 Å². The van der Waals surface area contributed by atoms with E-state index in [-0.39, 0.29) is 5.56 Å². The largest absolute Gasteiger partial charge is 0.494 e. The average molecular weight is 392 g/mol. The molecule has 1 aliphatic heterocycles. The third kappa shape index (κ3) is 4.35. The van der Waals surface area contributed by atoms with Crippen LogP contribution in [0.3, 0.4) is 0 Å². The van der Waals surface area contributed by atoms with Crippen molar-refractivity contribution in [2.45, 2.75) is 45.6 Å². The number of ether oxygens (including phenoxy) is 1. The van der Waals surface area contributed by atoms with Crippen LogP contribution in [0.1, 0.15) is 38.4 Å². The quantitative estimate of drug-likeness (QED) is 0.587. The number of likely N-dealkylation sites (tertiary alicyclic amines) is 1. The van der Waals surface area contributed by atoms with Gasteiger partial charge < -0.3 is 9.64 Å². The fourth-order valence-electron chi connectivity index (χ4n) is 4.19. The van der Waals surface area contributed by atoms with E-state index < -0.39 is 0 Å². The standard InChI is InChI=1S/C24H29N3O2/c1-18-8-5-6-15-26(18)16-7-17-29-21-13-11-20(12-14-21)27-19(2)25-23-10-4-3-9-22(23)24(27)28/h3-4,9-14,18H,5-8,15-17H2,1-2H3. The molecule has 5 heteroatoms. The van der Waals surface area contributed by atoms with E-state index in [9.17, 15) is 4.79 Å². The Balaban J connectivity index is 1.41. The van der Waals surface area contributed by atoms with Gasteiger partial charge in [-0.2, -0.15) is 0 Å². The monoisotopic (exact) mass is 391 g/mol. The summed E-state index contributed by atoms with van der Waals surface area (Å²) in [6.07, 6.45) is 5.01. The van der Waals surface area contributed by atoms with Gasteiger partial charge in [0.25, 0.3) is 5.56 Å². The molecule has 3 aromatic rings. The van der Waals surface area contributed by atoms with E-state index in [1.54, 1.807) is 4.57 Å². The molecule has 0 spiro atoms. The Morgan fingerprint density at radius 2 is 1.90 bits per heavy atom. The number of piperidine rings is 1. The molecule has 0 aliphatic carbocycles. The van der Waals surface area contributed by atoms with Crippen molar-refractivity contribution >= 4 is 10.9 Å². The molecule has 2 heterocycles. The van der Waals surface area contributed by atoms with E-state index in [1.165, 1.54) is 25.8 Å². The van der Waals surface area contributed by atoms with Crippen molar-refractivity contribution in [3.63, 3.8) is 0 Å². The lowest BCUT2D eigenvalue weighted by molar-refractivity contribution is 0.148. The van der Waals surface area contributed by atoms with Crippen LogP contribution in [0.15, 0.2) is 53.3 Å². The molecule has 0 radical (unpaired) electrons. The molecular formula is C24H29N3O2. The zero-order valence-electron chi connectivity index (χ0n) is 17.3. The van der Waals surface area contributed by atoms with Gasteiger partial charge in [0, 0.05) is 12.6 Å². The number of benzene rings is 2. The van der Waals surface area contributed by atoms with Crippen molar-refractivity contribution in [3.05, 3.63) is 64.7 Å². The number of para-hydroxylation sites is 1. The maximum absolute atomic E-state index is 12.9. The van der Waals surface area contributed by atoms with Crippen LogP contribution in [0.4, 0.5) is 0 Å². The van der Waals surface area contributed by atoms with Crippen molar-refractivity contribution in [1.29, 1.82) is 0 Å². The van der Waals surface area contributed by atoms with Crippen molar-refractivity contribution < 1.29 is 4.74 Å². The third-order valence-corrected chi connectivity index (χ3v) is 5.84. The van der Waals surface area contributed by atoms with Gasteiger partial charge in [-0.05, 0) is 76.1 Å². The van der Waals surface area contributed by atoms with E-state index in [1.807, 2.05) is 55.5 Å². The molecule has 5 nitrogen and oxygen atoms in total. The molecule has 152 valence electrons. The maximum Gasteiger partial charge on any atom is 0.265 e. The molecule has 2 aromatic carbocycles. The minimum atomic E-state index is -0.0441. The average Bonchev–Trinajstić information content (AvgIpc) is 2.73. The summed E-state index contributed by atoms with van der Waals surface area (Å²) in [7, 11) is 0. The molecule has 1 unspecified atom stereocenters. The summed E-state index contributed by atoms with van der Waals surface area (Å²) in [6.45, 7) is 7.20. The zero-order chi connectivity index (χ0) is 20.2. The van der Waals surface area contributed by atoms with Crippen LogP contribution in [0.5, 0.6) is 5.75 Å². The van der Waals surface area contributed by atoms with E-state index in [4.69, 9.17) is 4.74 Å². The molecule has 0 amide bonds. The molecule has 1 fully saturated rings. The lowest BCUT2D eigenvalue weighted by atomic mass is 10.0. The predicted octanol–water partition coefficient (Wildman–Crippen LogP) is 4.34. The van der Waals surface area contributed by atoms with E-state index in [2.05, 4.69) is 16.8 Å². The highest BCUT2D eigenvalue weighted by Crippen LogP contribution is 2.18. The summed E-state index contributed by atoms with van der Waals surface area (Å²) in [6, 6.07) is 15.9. The molecule has 4 rings (SSSR count). The maximum atomic E-state index is 12.9. The first kappa shape index (κ1) is 19.6. The molecule has 0 N–H and O–H groups in total. The number of hydrogen-bond donors (Lipinski definition) is 0. The molecule has 0 bridgehead atoms. The highest BCUT2D eigenvalue weighted by Gasteiger charge is 2.17. The number of hydrogen-bond acceptors (Lipinski definition) is 4. The summed E-state index contributed by atoms with van der Waals surface area (Å²) < 4.78 is 7.58. The molecule has 1 aromatic heterocycles. The summed E-state index contributed by atoms with van der Waals surface area (Å²) in [5.74, 6) is 1.51. The lowest BCUT2D eigenvalue weighted by Crippen LogP contribution is -2.38. The highest BCUT2D eigenvalue weighted by atomic mass is 16.5. The SMILES string of the molecule is Cc1nc2ccccc2c(=O)n1-c1ccc(OCCCN2CCCCC2C)cc1. The van der Waals surface area contributed by atoms with Gasteiger partial charge in [0.05, 0.1) is 23.2 Å². The minimum Gasteiger partial charge on any atom is -0.494 e. The molecule has 1 saturated heterocycles. The van der Waals surface area contributed by atoms with Crippen molar-refractivity contribution in [2.75, 3.05) is 19.7 Å². The first-order chi connectivity index (χ1) is 14.1. The fourth-order valence-corrected chi connectivity index (χ4v) is 4.19. The molecule has 1 atom stereocenters. The predicted molar refractivity (Wildman–Crippen MR) is 117 cm³/mol. The van der Waals surface area contributed by atoms with Crippen molar-refractivity contribution in [3.8, 4) is 11.4 Å². The Bertz CT molecular complexity index is 1030. The number of nitrogens with zero attached hydrogens (tertiary/aromatic N) is 3. The van der Waals surface area contributed by atoms with Gasteiger partial charge >= 0.3 is 0 Å². The Morgan fingerprint density at radius 3 is 2.69 bits per heavy atom. The number of fused-ring (bicyclic) bond motifs is 1. The Morgan fingerprint density at radius 1 is 1.10 bits per heavy atom. The molecule has 1 aliphatic rings. The fraction of sp³-hybridized carbons (Fsp3) is 0.417. The third-order valence-electron chi connectivity index (χ3n) is 5.84. The smallest absolute Gasteiger partial charge is 0.265 e. The Kier molecular flexibility index (Phi) is 5.95. The topological polar surface area (TPSA) is 47.4 Å². The van der Waals surface area contributed by atoms with Crippen LogP contribution in [0, 0.1) is 6.92 Å². The molecule has 29 heavy (non-hydrogen) atoms. The zero-order valence-corrected chi connectivity index (χ0v) is 17.3. The second kappa shape index (κ2) is 8.78. The van der Waals surface area contributed by atoms with E-state index in [0.717, 1.165) is 29.9 Å². The second-order valence-corrected chi connectivity index (χ2v) is 7.89. The first-order valence-corrected chi connectivity index (χ1v) is 10.6. The summed E-state index contributed by atoms with van der Waals surface area (Å²) in [4.78, 5) is 20.1. The first-order valence-electron chi connectivity index (χ1n) is 10.6. The lowest BCUT2D eigenvalue weighted by Gasteiger charge is -2.33. The van der Waals surface area contributed by atoms with Crippen LogP contribution in [0.2, 0.25) is 0 Å². The van der Waals surface area contributed by atoms with Crippen LogP contribution < -0.4 is 10.3 Å². The van der Waals surface area contributed by atoms with Gasteiger partial charge in [0.15, 0.2) is 0 Å². The Hall–Kier alpha value is -2.66. The van der Waals surface area contributed by atoms with Crippen molar-refractivity contribution in [1.82, 2.24) is 14.5 Å². The van der Waals surface area contributed by atoms with Crippen LogP contribution in [0.25, 0.3) is 16.6 Å². The van der Waals surface area contributed by atoms with Gasteiger partial charge in [-0.3, -0.25) is 9.36 Å². The number of aromatic nitrogens is 2. The van der Waals surface area contributed by atoms with Crippen LogP contribution in [-0.2, 0) is 0 Å². The van der Waals surface area contributed by atoms with Gasteiger partial charge in [-0.25, -0.2) is 4.98 Å². The molecular weight excluding hydrogens is 362 g/mol. The van der Waals surface area contributed by atoms with E-state index in [0.29, 0.717) is 23.9 Å². The van der Waals surface area contributed by atoms with Crippen molar-refractivity contribution in [2.24, 2.45) is 0 Å². The minimum absolute atomic E-state index is 0.0441. The highest BCUT2D eigenvalue weighted by molar-refractivity contribution is 5.77. The van der Waals surface area contributed by atoms with Crippen LogP contribution >= 0.6 is 0 Å². The van der Waals surface area contributed by atoms with Gasteiger partial charge in [0.1, 0.15) is 11.6 Å². The summed E-state index contributed by atoms with van der Waals surface area (Å²) >= 11 is 0. The van der Waals surface area contributed by atoms with Gasteiger partial charge in [-0.15, -0.1) is 0 Å². The molecule has 0 saturated carbocycles. The van der Waals surface area contributed by atoms with Gasteiger partial charge in [-0.1, -0.05) is 18.6 Å². The number of aryl methyl sites for hydroxylation is 1. The number of rotatable bonds is 6. The van der Waals surface area contributed by atoms with Gasteiger partial charge in [0.2, 0.25) is 0 Å². The second-order valence-electron chi connectivity index (χ2n) is 7.89. The normalized spacial score (nSPS) is 17.5.